The molecule has 0 saturated carbocycles. The molecule has 1 aliphatic heterocycles. The zero-order chi connectivity index (χ0) is 13.0. The fraction of sp³-hybridized carbons (Fsp3) is 0.500. The van der Waals surface area contributed by atoms with Crippen molar-refractivity contribution in [1.29, 1.82) is 0 Å². The second-order valence-corrected chi connectivity index (χ2v) is 4.83. The minimum Gasteiger partial charge on any atom is -0.349 e. The molecule has 0 aromatic heterocycles. The van der Waals surface area contributed by atoms with E-state index >= 15 is 0 Å². The largest absolute Gasteiger partial charge is 0.349 e. The number of piperidine rings is 1. The summed E-state index contributed by atoms with van der Waals surface area (Å²) in [6, 6.07) is 6.17. The summed E-state index contributed by atoms with van der Waals surface area (Å²) in [6.07, 6.45) is 1.98. The Morgan fingerprint density at radius 1 is 1.44 bits per heavy atom. The van der Waals surface area contributed by atoms with Gasteiger partial charge in [-0.15, -0.1) is 0 Å². The maximum atomic E-state index is 12.8. The van der Waals surface area contributed by atoms with Crippen LogP contribution in [0.4, 0.5) is 4.39 Å². The molecule has 3 nitrogen and oxygen atoms in total. The van der Waals surface area contributed by atoms with Crippen molar-refractivity contribution in [2.75, 3.05) is 13.1 Å². The quantitative estimate of drug-likeness (QED) is 0.861. The fourth-order valence-electron chi connectivity index (χ4n) is 2.24. The third kappa shape index (κ3) is 3.29. The van der Waals surface area contributed by atoms with Crippen molar-refractivity contribution in [1.82, 2.24) is 10.6 Å². The summed E-state index contributed by atoms with van der Waals surface area (Å²) in [7, 11) is 0. The summed E-state index contributed by atoms with van der Waals surface area (Å²) in [4.78, 5) is 12.0. The average Bonchev–Trinajstić information content (AvgIpc) is 2.40. The molecule has 1 saturated heterocycles. The van der Waals surface area contributed by atoms with E-state index in [0.29, 0.717) is 0 Å². The van der Waals surface area contributed by atoms with Crippen molar-refractivity contribution < 1.29 is 9.18 Å². The summed E-state index contributed by atoms with van der Waals surface area (Å²) < 4.78 is 12.8. The Labute approximate surface area is 107 Å². The van der Waals surface area contributed by atoms with Crippen LogP contribution in [0.25, 0.3) is 0 Å². The van der Waals surface area contributed by atoms with Crippen molar-refractivity contribution in [2.45, 2.75) is 25.8 Å². The minimum atomic E-state index is -0.256. The number of benzene rings is 1. The first-order chi connectivity index (χ1) is 8.66. The predicted molar refractivity (Wildman–Crippen MR) is 68.6 cm³/mol. The fourth-order valence-corrected chi connectivity index (χ4v) is 2.24. The molecule has 0 spiro atoms. The van der Waals surface area contributed by atoms with Crippen LogP contribution in [-0.2, 0) is 4.79 Å². The first kappa shape index (κ1) is 13.0. The molecule has 2 N–H and O–H groups in total. The number of rotatable bonds is 3. The van der Waals surface area contributed by atoms with Gasteiger partial charge in [-0.2, -0.15) is 0 Å². The minimum absolute atomic E-state index is 0.0571. The van der Waals surface area contributed by atoms with E-state index < -0.39 is 0 Å². The highest BCUT2D eigenvalue weighted by Gasteiger charge is 2.22. The van der Waals surface area contributed by atoms with Crippen molar-refractivity contribution >= 4 is 5.91 Å². The van der Waals surface area contributed by atoms with Crippen LogP contribution >= 0.6 is 0 Å². The Morgan fingerprint density at radius 2 is 2.17 bits per heavy atom. The van der Waals surface area contributed by atoms with Crippen LogP contribution in [-0.4, -0.2) is 19.0 Å². The van der Waals surface area contributed by atoms with Gasteiger partial charge in [0.2, 0.25) is 5.91 Å². The van der Waals surface area contributed by atoms with Crippen molar-refractivity contribution in [3.8, 4) is 0 Å². The van der Waals surface area contributed by atoms with Crippen molar-refractivity contribution in [3.63, 3.8) is 0 Å². The number of hydrogen-bond acceptors (Lipinski definition) is 2. The topological polar surface area (TPSA) is 41.1 Å². The Balaban J connectivity index is 1.91. The predicted octanol–water partition coefficient (Wildman–Crippen LogP) is 2.00. The monoisotopic (exact) mass is 250 g/mol. The first-order valence-electron chi connectivity index (χ1n) is 6.43. The third-order valence-corrected chi connectivity index (χ3v) is 3.40. The van der Waals surface area contributed by atoms with E-state index in [-0.39, 0.29) is 23.7 Å². The molecule has 0 aliphatic carbocycles. The van der Waals surface area contributed by atoms with Gasteiger partial charge in [-0.25, -0.2) is 4.39 Å². The molecule has 1 aromatic carbocycles. The Kier molecular flexibility index (Phi) is 4.31. The van der Waals surface area contributed by atoms with Crippen LogP contribution in [0.15, 0.2) is 24.3 Å². The molecular weight excluding hydrogens is 231 g/mol. The van der Waals surface area contributed by atoms with E-state index in [1.165, 1.54) is 12.1 Å². The van der Waals surface area contributed by atoms with E-state index in [1.807, 2.05) is 6.92 Å². The lowest BCUT2D eigenvalue weighted by Crippen LogP contribution is -2.41. The van der Waals surface area contributed by atoms with Gasteiger partial charge in [0, 0.05) is 6.54 Å². The van der Waals surface area contributed by atoms with Gasteiger partial charge in [0.05, 0.1) is 12.0 Å². The number of halogens is 1. The standard InChI is InChI=1S/C14H19FN2O/c1-10(11-4-6-13(15)7-5-11)17-14(18)12-3-2-8-16-9-12/h4-7,10,12,16H,2-3,8-9H2,1H3,(H,17,18)/t10-,12-/m0/s1. The third-order valence-electron chi connectivity index (χ3n) is 3.40. The molecular formula is C14H19FN2O. The van der Waals surface area contributed by atoms with Crippen LogP contribution in [0.1, 0.15) is 31.4 Å². The molecule has 2 atom stereocenters. The number of hydrogen-bond donors (Lipinski definition) is 2. The van der Waals surface area contributed by atoms with Gasteiger partial charge in [0.1, 0.15) is 5.82 Å². The van der Waals surface area contributed by atoms with E-state index in [9.17, 15) is 9.18 Å². The van der Waals surface area contributed by atoms with Gasteiger partial charge < -0.3 is 10.6 Å². The highest BCUT2D eigenvalue weighted by Crippen LogP contribution is 2.16. The van der Waals surface area contributed by atoms with Gasteiger partial charge >= 0.3 is 0 Å². The number of carbonyl (C=O) groups is 1. The lowest BCUT2D eigenvalue weighted by molar-refractivity contribution is -0.126. The van der Waals surface area contributed by atoms with E-state index in [4.69, 9.17) is 0 Å². The maximum absolute atomic E-state index is 12.8. The van der Waals surface area contributed by atoms with E-state index in [1.54, 1.807) is 12.1 Å². The van der Waals surface area contributed by atoms with Crippen LogP contribution < -0.4 is 10.6 Å². The lowest BCUT2D eigenvalue weighted by Gasteiger charge is -2.24. The van der Waals surface area contributed by atoms with Gasteiger partial charge in [-0.1, -0.05) is 12.1 Å². The highest BCUT2D eigenvalue weighted by atomic mass is 19.1. The normalized spacial score (nSPS) is 21.3. The molecule has 2 rings (SSSR count). The molecule has 0 bridgehead atoms. The van der Waals surface area contributed by atoms with E-state index in [2.05, 4.69) is 10.6 Å². The molecule has 1 aliphatic rings. The first-order valence-corrected chi connectivity index (χ1v) is 6.43. The molecule has 1 heterocycles. The second kappa shape index (κ2) is 5.96. The molecule has 0 radical (unpaired) electrons. The highest BCUT2D eigenvalue weighted by molar-refractivity contribution is 5.79. The van der Waals surface area contributed by atoms with Gasteiger partial charge in [-0.05, 0) is 44.0 Å². The Hall–Kier alpha value is -1.42. The van der Waals surface area contributed by atoms with E-state index in [0.717, 1.165) is 31.5 Å². The van der Waals surface area contributed by atoms with Crippen molar-refractivity contribution in [2.24, 2.45) is 5.92 Å². The summed E-state index contributed by atoms with van der Waals surface area (Å²) >= 11 is 0. The average molecular weight is 250 g/mol. The van der Waals surface area contributed by atoms with Gasteiger partial charge in [0.25, 0.3) is 0 Å². The van der Waals surface area contributed by atoms with Gasteiger partial charge in [-0.3, -0.25) is 4.79 Å². The zero-order valence-electron chi connectivity index (χ0n) is 10.6. The molecule has 1 aromatic rings. The molecule has 18 heavy (non-hydrogen) atoms. The van der Waals surface area contributed by atoms with Crippen molar-refractivity contribution in [3.05, 3.63) is 35.6 Å². The molecule has 1 fully saturated rings. The number of carbonyl (C=O) groups excluding carboxylic acids is 1. The molecule has 1 amide bonds. The van der Waals surface area contributed by atoms with Gasteiger partial charge in [0.15, 0.2) is 0 Å². The molecule has 0 unspecified atom stereocenters. The maximum Gasteiger partial charge on any atom is 0.224 e. The smallest absolute Gasteiger partial charge is 0.224 e. The Bertz CT molecular complexity index is 399. The number of amides is 1. The van der Waals surface area contributed by atoms with Crippen LogP contribution in [0.2, 0.25) is 0 Å². The Morgan fingerprint density at radius 3 is 2.78 bits per heavy atom. The molecule has 98 valence electrons. The SMILES string of the molecule is C[C@H](NC(=O)[C@H]1CCCNC1)c1ccc(F)cc1. The summed E-state index contributed by atoms with van der Waals surface area (Å²) in [6.45, 7) is 3.67. The number of nitrogens with one attached hydrogen (secondary N) is 2. The van der Waals surface area contributed by atoms with Crippen LogP contribution in [0.5, 0.6) is 0 Å². The zero-order valence-corrected chi connectivity index (χ0v) is 10.6. The summed E-state index contributed by atoms with van der Waals surface area (Å²) in [5.41, 5.74) is 0.925. The van der Waals surface area contributed by atoms with Crippen LogP contribution in [0, 0.1) is 11.7 Å². The molecule has 4 heteroatoms. The summed E-state index contributed by atoms with van der Waals surface area (Å²) in [5.74, 6) is -0.116. The van der Waals surface area contributed by atoms with Crippen LogP contribution in [0.3, 0.4) is 0 Å². The second-order valence-electron chi connectivity index (χ2n) is 4.83. The summed E-state index contributed by atoms with van der Waals surface area (Å²) in [5, 5.41) is 6.21. The lowest BCUT2D eigenvalue weighted by atomic mass is 9.98.